The fourth-order valence-corrected chi connectivity index (χ4v) is 2.75. The lowest BCUT2D eigenvalue weighted by atomic mass is 10.1. The fraction of sp³-hybridized carbons (Fsp3) is 0.150. The van der Waals surface area contributed by atoms with Crippen molar-refractivity contribution in [1.82, 2.24) is 19.7 Å². The lowest BCUT2D eigenvalue weighted by Crippen LogP contribution is -2.27. The summed E-state index contributed by atoms with van der Waals surface area (Å²) in [6, 6.07) is 15.2. The van der Waals surface area contributed by atoms with Gasteiger partial charge in [-0.3, -0.25) is 4.79 Å². The van der Waals surface area contributed by atoms with Crippen molar-refractivity contribution in [2.45, 2.75) is 13.0 Å². The number of amides is 1. The van der Waals surface area contributed by atoms with Crippen LogP contribution in [0.4, 0.5) is 0 Å². The Labute approximate surface area is 157 Å². The Morgan fingerprint density at radius 3 is 2.58 bits per heavy atom. The van der Waals surface area contributed by atoms with Crippen LogP contribution in [0.1, 0.15) is 24.1 Å². The minimum absolute atomic E-state index is 0.0665. The Balaban J connectivity index is 1.69. The van der Waals surface area contributed by atoms with Crippen LogP contribution in [0.15, 0.2) is 67.3 Å². The van der Waals surface area contributed by atoms with Crippen LogP contribution in [0.3, 0.4) is 0 Å². The van der Waals surface area contributed by atoms with Gasteiger partial charge < -0.3 is 4.90 Å². The molecular formula is C20H19ClN4O. The number of hydrogen-bond acceptors (Lipinski definition) is 3. The maximum absolute atomic E-state index is 12.5. The Morgan fingerprint density at radius 1 is 1.19 bits per heavy atom. The quantitative estimate of drug-likeness (QED) is 0.637. The van der Waals surface area contributed by atoms with Gasteiger partial charge in [0.15, 0.2) is 0 Å². The van der Waals surface area contributed by atoms with Crippen molar-refractivity contribution < 1.29 is 4.79 Å². The molecular weight excluding hydrogens is 348 g/mol. The predicted molar refractivity (Wildman–Crippen MR) is 103 cm³/mol. The summed E-state index contributed by atoms with van der Waals surface area (Å²) in [4.78, 5) is 18.1. The van der Waals surface area contributed by atoms with Crippen LogP contribution in [-0.4, -0.2) is 32.6 Å². The number of carbonyl (C=O) groups excluding carboxylic acids is 1. The zero-order chi connectivity index (χ0) is 18.5. The van der Waals surface area contributed by atoms with E-state index in [1.165, 1.54) is 6.33 Å². The minimum atomic E-state index is -0.0854. The number of nitrogens with zero attached hydrogens (tertiary/aromatic N) is 4. The van der Waals surface area contributed by atoms with E-state index in [4.69, 9.17) is 11.6 Å². The number of aromatic nitrogens is 3. The Kier molecular flexibility index (Phi) is 5.49. The summed E-state index contributed by atoms with van der Waals surface area (Å²) >= 11 is 6.12. The molecule has 0 aliphatic rings. The highest BCUT2D eigenvalue weighted by atomic mass is 35.5. The molecule has 0 spiro atoms. The number of halogens is 1. The highest BCUT2D eigenvalue weighted by Gasteiger charge is 2.15. The second-order valence-corrected chi connectivity index (χ2v) is 6.32. The van der Waals surface area contributed by atoms with E-state index >= 15 is 0 Å². The molecule has 3 rings (SSSR count). The highest BCUT2D eigenvalue weighted by Crippen LogP contribution is 2.21. The standard InChI is InChI=1S/C20H19ClN4O/c1-15(16-7-10-18(11-8-16)25-14-22-13-23-25)24(2)20(26)12-9-17-5-3-4-6-19(17)21/h3-15H,1-2H3/b12-9+/t15-/m1/s1. The molecule has 0 saturated carbocycles. The zero-order valence-corrected chi connectivity index (χ0v) is 15.3. The zero-order valence-electron chi connectivity index (χ0n) is 14.6. The van der Waals surface area contributed by atoms with Crippen LogP contribution in [0.25, 0.3) is 11.8 Å². The van der Waals surface area contributed by atoms with Crippen LogP contribution in [0.2, 0.25) is 5.02 Å². The van der Waals surface area contributed by atoms with Crippen LogP contribution >= 0.6 is 11.6 Å². The topological polar surface area (TPSA) is 51.0 Å². The van der Waals surface area contributed by atoms with Crippen molar-refractivity contribution >= 4 is 23.6 Å². The lowest BCUT2D eigenvalue weighted by Gasteiger charge is -2.24. The third-order valence-electron chi connectivity index (χ3n) is 4.30. The summed E-state index contributed by atoms with van der Waals surface area (Å²) in [7, 11) is 1.79. The first kappa shape index (κ1) is 17.9. The summed E-state index contributed by atoms with van der Waals surface area (Å²) < 4.78 is 1.69. The first-order chi connectivity index (χ1) is 12.6. The molecule has 1 heterocycles. The molecule has 6 heteroatoms. The molecule has 1 aromatic heterocycles. The molecule has 0 N–H and O–H groups in total. The number of carbonyl (C=O) groups is 1. The van der Waals surface area contributed by atoms with Crippen LogP contribution in [0, 0.1) is 0 Å². The monoisotopic (exact) mass is 366 g/mol. The Morgan fingerprint density at radius 2 is 1.92 bits per heavy atom. The van der Waals surface area contributed by atoms with Crippen molar-refractivity contribution in [2.75, 3.05) is 7.05 Å². The molecule has 5 nitrogen and oxygen atoms in total. The molecule has 0 fully saturated rings. The molecule has 0 bridgehead atoms. The van der Waals surface area contributed by atoms with Gasteiger partial charge in [0.1, 0.15) is 12.7 Å². The van der Waals surface area contributed by atoms with Crippen molar-refractivity contribution in [3.05, 3.63) is 83.4 Å². The van der Waals surface area contributed by atoms with Gasteiger partial charge in [-0.2, -0.15) is 5.10 Å². The second kappa shape index (κ2) is 7.97. The number of hydrogen-bond donors (Lipinski definition) is 0. The molecule has 0 radical (unpaired) electrons. The van der Waals surface area contributed by atoms with E-state index in [-0.39, 0.29) is 11.9 Å². The van der Waals surface area contributed by atoms with Gasteiger partial charge in [0, 0.05) is 18.1 Å². The second-order valence-electron chi connectivity index (χ2n) is 5.91. The van der Waals surface area contributed by atoms with Crippen molar-refractivity contribution in [3.8, 4) is 5.69 Å². The van der Waals surface area contributed by atoms with E-state index in [0.29, 0.717) is 5.02 Å². The lowest BCUT2D eigenvalue weighted by molar-refractivity contribution is -0.126. The molecule has 132 valence electrons. The van der Waals surface area contributed by atoms with E-state index in [1.807, 2.05) is 49.4 Å². The van der Waals surface area contributed by atoms with Crippen LogP contribution in [-0.2, 0) is 4.79 Å². The summed E-state index contributed by atoms with van der Waals surface area (Å²) in [5.41, 5.74) is 2.78. The van der Waals surface area contributed by atoms with Crippen molar-refractivity contribution in [1.29, 1.82) is 0 Å². The van der Waals surface area contributed by atoms with Gasteiger partial charge >= 0.3 is 0 Å². The van der Waals surface area contributed by atoms with Crippen molar-refractivity contribution in [2.24, 2.45) is 0 Å². The van der Waals surface area contributed by atoms with Gasteiger partial charge in [-0.15, -0.1) is 0 Å². The largest absolute Gasteiger partial charge is 0.335 e. The van der Waals surface area contributed by atoms with E-state index in [9.17, 15) is 4.79 Å². The van der Waals surface area contributed by atoms with Gasteiger partial charge in [0.2, 0.25) is 5.91 Å². The van der Waals surface area contributed by atoms with Gasteiger partial charge in [-0.1, -0.05) is 41.9 Å². The average molecular weight is 367 g/mol. The number of likely N-dealkylation sites (N-methyl/N-ethyl adjacent to an activating group) is 1. The summed E-state index contributed by atoms with van der Waals surface area (Å²) in [5.74, 6) is -0.0854. The molecule has 0 unspecified atom stereocenters. The molecule has 1 amide bonds. The van der Waals surface area contributed by atoms with E-state index < -0.39 is 0 Å². The third kappa shape index (κ3) is 4.00. The summed E-state index contributed by atoms with van der Waals surface area (Å²) in [6.45, 7) is 1.99. The SMILES string of the molecule is C[C@H](c1ccc(-n2cncn2)cc1)N(C)C(=O)/C=C/c1ccccc1Cl. The van der Waals surface area contributed by atoms with Crippen molar-refractivity contribution in [3.63, 3.8) is 0 Å². The maximum Gasteiger partial charge on any atom is 0.246 e. The Hall–Kier alpha value is -2.92. The molecule has 0 aliphatic carbocycles. The molecule has 3 aromatic rings. The molecule has 0 saturated heterocycles. The first-order valence-electron chi connectivity index (χ1n) is 8.20. The minimum Gasteiger partial charge on any atom is -0.335 e. The number of rotatable bonds is 5. The van der Waals surface area contributed by atoms with Gasteiger partial charge in [-0.25, -0.2) is 9.67 Å². The maximum atomic E-state index is 12.5. The summed E-state index contributed by atoms with van der Waals surface area (Å²) in [5, 5.41) is 4.73. The Bertz CT molecular complexity index is 904. The van der Waals surface area contributed by atoms with Crippen LogP contribution < -0.4 is 0 Å². The van der Waals surface area contributed by atoms with E-state index in [0.717, 1.165) is 16.8 Å². The normalized spacial score (nSPS) is 12.3. The predicted octanol–water partition coefficient (Wildman–Crippen LogP) is 4.15. The van der Waals surface area contributed by atoms with E-state index in [1.54, 1.807) is 41.2 Å². The molecule has 26 heavy (non-hydrogen) atoms. The smallest absolute Gasteiger partial charge is 0.246 e. The van der Waals surface area contributed by atoms with Gasteiger partial charge in [-0.05, 0) is 42.3 Å². The van der Waals surface area contributed by atoms with E-state index in [2.05, 4.69) is 10.1 Å². The molecule has 1 atom stereocenters. The average Bonchev–Trinajstić information content (AvgIpc) is 3.21. The van der Waals surface area contributed by atoms with Gasteiger partial charge in [0.05, 0.1) is 11.7 Å². The summed E-state index contributed by atoms with van der Waals surface area (Å²) in [6.07, 6.45) is 6.42. The van der Waals surface area contributed by atoms with Crippen LogP contribution in [0.5, 0.6) is 0 Å². The third-order valence-corrected chi connectivity index (χ3v) is 4.64. The number of benzene rings is 2. The molecule has 2 aromatic carbocycles. The fourth-order valence-electron chi connectivity index (χ4n) is 2.55. The molecule has 0 aliphatic heterocycles. The first-order valence-corrected chi connectivity index (χ1v) is 8.58. The highest BCUT2D eigenvalue weighted by molar-refractivity contribution is 6.32. The van der Waals surface area contributed by atoms with Gasteiger partial charge in [0.25, 0.3) is 0 Å².